The van der Waals surface area contributed by atoms with Gasteiger partial charge < -0.3 is 11.5 Å². The minimum atomic E-state index is -0.913. The normalized spacial score (nSPS) is 10.5. The van der Waals surface area contributed by atoms with Gasteiger partial charge in [-0.15, -0.1) is 0 Å². The predicted molar refractivity (Wildman–Crippen MR) is 69.8 cm³/mol. The first kappa shape index (κ1) is 13.0. The van der Waals surface area contributed by atoms with Crippen molar-refractivity contribution >= 4 is 17.2 Å². The molecule has 2 aromatic carbocycles. The fraction of sp³-hybridized carbons (Fsp3) is 0.0714. The lowest BCUT2D eigenvalue weighted by Crippen LogP contribution is -2.09. The Morgan fingerprint density at radius 3 is 2.32 bits per heavy atom. The van der Waals surface area contributed by atoms with E-state index in [4.69, 9.17) is 11.5 Å². The minimum Gasteiger partial charge on any atom is -0.399 e. The molecule has 0 amide bonds. The first-order valence-electron chi connectivity index (χ1n) is 5.55. The van der Waals surface area contributed by atoms with E-state index in [1.54, 1.807) is 0 Å². The van der Waals surface area contributed by atoms with Gasteiger partial charge in [0.05, 0.1) is 5.56 Å². The summed E-state index contributed by atoms with van der Waals surface area (Å²) in [5.74, 6) is -2.21. The van der Waals surface area contributed by atoms with Crippen LogP contribution in [0.25, 0.3) is 0 Å². The molecule has 4 N–H and O–H groups in total. The lowest BCUT2D eigenvalue weighted by molar-refractivity contribution is 0.103. The van der Waals surface area contributed by atoms with Gasteiger partial charge >= 0.3 is 0 Å². The molecule has 0 spiro atoms. The number of anilines is 2. The second-order valence-electron chi connectivity index (χ2n) is 4.26. The lowest BCUT2D eigenvalue weighted by Gasteiger charge is -2.08. The largest absolute Gasteiger partial charge is 0.399 e. The van der Waals surface area contributed by atoms with Crippen molar-refractivity contribution in [2.75, 3.05) is 11.5 Å². The first-order chi connectivity index (χ1) is 8.90. The van der Waals surface area contributed by atoms with E-state index in [0.717, 1.165) is 0 Å². The molecule has 0 aliphatic heterocycles. The molecule has 0 bridgehead atoms. The van der Waals surface area contributed by atoms with Crippen molar-refractivity contribution in [3.63, 3.8) is 0 Å². The van der Waals surface area contributed by atoms with Crippen molar-refractivity contribution in [1.29, 1.82) is 0 Å². The van der Waals surface area contributed by atoms with E-state index in [2.05, 4.69) is 0 Å². The zero-order valence-electron chi connectivity index (χ0n) is 10.2. The molecule has 0 aliphatic rings. The molecule has 5 heteroatoms. The number of rotatable bonds is 2. The maximum Gasteiger partial charge on any atom is 0.198 e. The molecule has 0 fully saturated rings. The van der Waals surface area contributed by atoms with Crippen molar-refractivity contribution in [2.24, 2.45) is 0 Å². The standard InChI is InChI=1S/C14H12F2N2O/c1-7-4-10(12(16)6-11(7)15)14(19)9-3-2-8(17)5-13(9)18/h2-6H,17-18H2,1H3. The van der Waals surface area contributed by atoms with Crippen molar-refractivity contribution < 1.29 is 13.6 Å². The first-order valence-corrected chi connectivity index (χ1v) is 5.55. The molecule has 0 heterocycles. The van der Waals surface area contributed by atoms with E-state index in [1.807, 2.05) is 0 Å². The third-order valence-electron chi connectivity index (χ3n) is 2.81. The van der Waals surface area contributed by atoms with Gasteiger partial charge in [-0.1, -0.05) is 0 Å². The summed E-state index contributed by atoms with van der Waals surface area (Å²) in [4.78, 5) is 12.2. The quantitative estimate of drug-likeness (QED) is 0.645. The average molecular weight is 262 g/mol. The summed E-state index contributed by atoms with van der Waals surface area (Å²) in [5, 5.41) is 0. The molecule has 0 saturated heterocycles. The summed E-state index contributed by atoms with van der Waals surface area (Å²) in [7, 11) is 0. The number of hydrogen-bond acceptors (Lipinski definition) is 3. The summed E-state index contributed by atoms with van der Waals surface area (Å²) >= 11 is 0. The molecule has 2 aromatic rings. The highest BCUT2D eigenvalue weighted by Crippen LogP contribution is 2.22. The summed E-state index contributed by atoms with van der Waals surface area (Å²) < 4.78 is 26.8. The van der Waals surface area contributed by atoms with Gasteiger partial charge in [0.2, 0.25) is 0 Å². The highest BCUT2D eigenvalue weighted by molar-refractivity contribution is 6.12. The van der Waals surface area contributed by atoms with Crippen LogP contribution in [0.15, 0.2) is 30.3 Å². The molecule has 98 valence electrons. The van der Waals surface area contributed by atoms with E-state index in [-0.39, 0.29) is 22.4 Å². The Morgan fingerprint density at radius 1 is 1.00 bits per heavy atom. The molecule has 3 nitrogen and oxygen atoms in total. The van der Waals surface area contributed by atoms with Crippen LogP contribution in [0.2, 0.25) is 0 Å². The number of carbonyl (C=O) groups is 1. The predicted octanol–water partition coefficient (Wildman–Crippen LogP) is 2.67. The van der Waals surface area contributed by atoms with Gasteiger partial charge in [-0.25, -0.2) is 8.78 Å². The molecule has 0 aliphatic carbocycles. The van der Waals surface area contributed by atoms with Gasteiger partial charge in [-0.3, -0.25) is 4.79 Å². The molecule has 0 saturated carbocycles. The maximum atomic E-state index is 13.7. The fourth-order valence-corrected chi connectivity index (χ4v) is 1.76. The van der Waals surface area contributed by atoms with Crippen LogP contribution in [0.4, 0.5) is 20.2 Å². The zero-order valence-corrected chi connectivity index (χ0v) is 10.2. The van der Waals surface area contributed by atoms with Gasteiger partial charge in [0.25, 0.3) is 0 Å². The number of aryl methyl sites for hydroxylation is 1. The Bertz CT molecular complexity index is 669. The van der Waals surface area contributed by atoms with Crippen LogP contribution in [0, 0.1) is 18.6 Å². The van der Waals surface area contributed by atoms with Gasteiger partial charge in [0.15, 0.2) is 5.78 Å². The van der Waals surface area contributed by atoms with E-state index in [9.17, 15) is 13.6 Å². The molecule has 0 radical (unpaired) electrons. The van der Waals surface area contributed by atoms with Crippen LogP contribution in [0.5, 0.6) is 0 Å². The number of ketones is 1. The number of benzene rings is 2. The molecule has 19 heavy (non-hydrogen) atoms. The smallest absolute Gasteiger partial charge is 0.198 e. The van der Waals surface area contributed by atoms with Crippen LogP contribution < -0.4 is 11.5 Å². The van der Waals surface area contributed by atoms with Crippen LogP contribution in [0.3, 0.4) is 0 Å². The Labute approximate surface area is 108 Å². The van der Waals surface area contributed by atoms with Gasteiger partial charge in [-0.05, 0) is 36.8 Å². The van der Waals surface area contributed by atoms with E-state index < -0.39 is 17.4 Å². The topological polar surface area (TPSA) is 69.1 Å². The van der Waals surface area contributed by atoms with Crippen LogP contribution >= 0.6 is 0 Å². The second kappa shape index (κ2) is 4.68. The maximum absolute atomic E-state index is 13.7. The zero-order chi connectivity index (χ0) is 14.2. The summed E-state index contributed by atoms with van der Waals surface area (Å²) in [6.07, 6.45) is 0. The number of halogens is 2. The number of hydrogen-bond donors (Lipinski definition) is 2. The highest BCUT2D eigenvalue weighted by Gasteiger charge is 2.18. The molecule has 2 rings (SSSR count). The third kappa shape index (κ3) is 2.40. The van der Waals surface area contributed by atoms with E-state index >= 15 is 0 Å². The second-order valence-corrected chi connectivity index (χ2v) is 4.26. The molecule has 0 unspecified atom stereocenters. The Hall–Kier alpha value is -2.43. The van der Waals surface area contributed by atoms with Gasteiger partial charge in [0, 0.05) is 23.0 Å². The van der Waals surface area contributed by atoms with Crippen molar-refractivity contribution in [2.45, 2.75) is 6.92 Å². The Morgan fingerprint density at radius 2 is 1.68 bits per heavy atom. The third-order valence-corrected chi connectivity index (χ3v) is 2.81. The number of carbonyl (C=O) groups excluding carboxylic acids is 1. The van der Waals surface area contributed by atoms with Crippen molar-refractivity contribution in [1.82, 2.24) is 0 Å². The van der Waals surface area contributed by atoms with Crippen molar-refractivity contribution in [3.8, 4) is 0 Å². The Balaban J connectivity index is 2.53. The highest BCUT2D eigenvalue weighted by atomic mass is 19.1. The summed E-state index contributed by atoms with van der Waals surface area (Å²) in [6.45, 7) is 1.46. The number of nitrogen functional groups attached to an aromatic ring is 2. The van der Waals surface area contributed by atoms with E-state index in [0.29, 0.717) is 11.8 Å². The molecular weight excluding hydrogens is 250 g/mol. The SMILES string of the molecule is Cc1cc(C(=O)c2ccc(N)cc2N)c(F)cc1F. The van der Waals surface area contributed by atoms with Crippen LogP contribution in [-0.2, 0) is 0 Å². The van der Waals surface area contributed by atoms with Gasteiger partial charge in [0.1, 0.15) is 11.6 Å². The molecular formula is C14H12F2N2O. The van der Waals surface area contributed by atoms with Gasteiger partial charge in [-0.2, -0.15) is 0 Å². The Kier molecular flexibility index (Phi) is 3.21. The summed E-state index contributed by atoms with van der Waals surface area (Å²) in [5.41, 5.74) is 11.9. The van der Waals surface area contributed by atoms with Crippen molar-refractivity contribution in [3.05, 3.63) is 58.7 Å². The van der Waals surface area contributed by atoms with Crippen LogP contribution in [0.1, 0.15) is 21.5 Å². The van der Waals surface area contributed by atoms with E-state index in [1.165, 1.54) is 31.2 Å². The monoisotopic (exact) mass is 262 g/mol. The molecule has 0 atom stereocenters. The lowest BCUT2D eigenvalue weighted by atomic mass is 9.99. The van der Waals surface area contributed by atoms with Crippen LogP contribution in [-0.4, -0.2) is 5.78 Å². The average Bonchev–Trinajstić information content (AvgIpc) is 2.33. The summed E-state index contributed by atoms with van der Waals surface area (Å²) in [6, 6.07) is 6.20. The molecule has 0 aromatic heterocycles. The number of nitrogens with two attached hydrogens (primary N) is 2. The fourth-order valence-electron chi connectivity index (χ4n) is 1.76. The minimum absolute atomic E-state index is 0.138.